The predicted molar refractivity (Wildman–Crippen MR) is 86.6 cm³/mol. The molecule has 1 unspecified atom stereocenters. The lowest BCUT2D eigenvalue weighted by Gasteiger charge is -2.11. The number of benzene rings is 2. The van der Waals surface area contributed by atoms with Crippen molar-refractivity contribution in [2.24, 2.45) is 0 Å². The van der Waals surface area contributed by atoms with E-state index in [0.29, 0.717) is 11.6 Å². The SMILES string of the molecule is Cc1cccc(-c2nc3cc(Cl)ccc3n2CC(C)O)c1. The van der Waals surface area contributed by atoms with Crippen molar-refractivity contribution >= 4 is 22.6 Å². The van der Waals surface area contributed by atoms with Gasteiger partial charge in [0, 0.05) is 10.6 Å². The Morgan fingerprint density at radius 3 is 2.76 bits per heavy atom. The fraction of sp³-hybridized carbons (Fsp3) is 0.235. The van der Waals surface area contributed by atoms with Gasteiger partial charge in [-0.3, -0.25) is 0 Å². The van der Waals surface area contributed by atoms with Gasteiger partial charge in [-0.1, -0.05) is 35.4 Å². The molecule has 0 aliphatic rings. The summed E-state index contributed by atoms with van der Waals surface area (Å²) < 4.78 is 2.05. The maximum Gasteiger partial charge on any atom is 0.141 e. The average Bonchev–Trinajstić information content (AvgIpc) is 2.76. The zero-order valence-electron chi connectivity index (χ0n) is 12.0. The normalized spacial score (nSPS) is 12.8. The number of hydrogen-bond donors (Lipinski definition) is 1. The second kappa shape index (κ2) is 5.51. The monoisotopic (exact) mass is 300 g/mol. The van der Waals surface area contributed by atoms with Crippen LogP contribution in [0.3, 0.4) is 0 Å². The number of rotatable bonds is 3. The molecule has 1 N–H and O–H groups in total. The van der Waals surface area contributed by atoms with Gasteiger partial charge in [0.2, 0.25) is 0 Å². The zero-order chi connectivity index (χ0) is 15.0. The Kier molecular flexibility index (Phi) is 3.70. The average molecular weight is 301 g/mol. The minimum absolute atomic E-state index is 0.443. The summed E-state index contributed by atoms with van der Waals surface area (Å²) in [5.41, 5.74) is 4.06. The van der Waals surface area contributed by atoms with Gasteiger partial charge in [0.05, 0.1) is 23.7 Å². The highest BCUT2D eigenvalue weighted by Crippen LogP contribution is 2.27. The van der Waals surface area contributed by atoms with E-state index in [1.165, 1.54) is 5.56 Å². The number of halogens is 1. The number of aliphatic hydroxyl groups excluding tert-OH is 1. The standard InChI is InChI=1S/C17H17ClN2O/c1-11-4-3-5-13(8-11)17-19-15-9-14(18)6-7-16(15)20(17)10-12(2)21/h3-9,12,21H,10H2,1-2H3. The molecule has 0 saturated carbocycles. The van der Waals surface area contributed by atoms with Gasteiger partial charge in [-0.05, 0) is 38.1 Å². The van der Waals surface area contributed by atoms with Crippen LogP contribution in [-0.4, -0.2) is 20.8 Å². The third kappa shape index (κ3) is 2.80. The maximum atomic E-state index is 9.79. The predicted octanol–water partition coefficient (Wildman–Crippen LogP) is 4.05. The van der Waals surface area contributed by atoms with E-state index in [1.807, 2.05) is 34.9 Å². The minimum Gasteiger partial charge on any atom is -0.392 e. The van der Waals surface area contributed by atoms with E-state index in [2.05, 4.69) is 19.1 Å². The van der Waals surface area contributed by atoms with Crippen molar-refractivity contribution in [2.45, 2.75) is 26.5 Å². The second-order valence-electron chi connectivity index (χ2n) is 5.40. The molecule has 3 nitrogen and oxygen atoms in total. The Bertz CT molecular complexity index is 793. The first-order valence-electron chi connectivity index (χ1n) is 6.95. The molecule has 2 aromatic carbocycles. The molecule has 1 heterocycles. The van der Waals surface area contributed by atoms with E-state index in [0.717, 1.165) is 22.4 Å². The fourth-order valence-corrected chi connectivity index (χ4v) is 2.72. The van der Waals surface area contributed by atoms with Crippen molar-refractivity contribution in [3.63, 3.8) is 0 Å². The van der Waals surface area contributed by atoms with E-state index in [1.54, 1.807) is 6.92 Å². The number of imidazole rings is 1. The summed E-state index contributed by atoms with van der Waals surface area (Å²) in [5, 5.41) is 10.5. The third-order valence-corrected chi connectivity index (χ3v) is 3.67. The fourth-order valence-electron chi connectivity index (χ4n) is 2.56. The van der Waals surface area contributed by atoms with E-state index in [-0.39, 0.29) is 0 Å². The van der Waals surface area contributed by atoms with Crippen LogP contribution in [0.1, 0.15) is 12.5 Å². The molecule has 1 atom stereocenters. The van der Waals surface area contributed by atoms with Crippen LogP contribution in [-0.2, 0) is 6.54 Å². The lowest BCUT2D eigenvalue weighted by molar-refractivity contribution is 0.175. The summed E-state index contributed by atoms with van der Waals surface area (Å²) in [6.07, 6.45) is -0.443. The number of hydrogen-bond acceptors (Lipinski definition) is 2. The van der Waals surface area contributed by atoms with Crippen LogP contribution in [0, 0.1) is 6.92 Å². The molecule has 0 aliphatic carbocycles. The Hall–Kier alpha value is -1.84. The molecule has 0 radical (unpaired) electrons. The number of aryl methyl sites for hydroxylation is 1. The maximum absolute atomic E-state index is 9.79. The second-order valence-corrected chi connectivity index (χ2v) is 5.83. The van der Waals surface area contributed by atoms with Crippen LogP contribution in [0.25, 0.3) is 22.4 Å². The molecule has 4 heteroatoms. The van der Waals surface area contributed by atoms with E-state index in [4.69, 9.17) is 16.6 Å². The van der Waals surface area contributed by atoms with Gasteiger partial charge >= 0.3 is 0 Å². The molecule has 0 aliphatic heterocycles. The first kappa shape index (κ1) is 14.1. The molecule has 0 bridgehead atoms. The van der Waals surface area contributed by atoms with Crippen molar-refractivity contribution in [1.82, 2.24) is 9.55 Å². The molecule has 0 fully saturated rings. The zero-order valence-corrected chi connectivity index (χ0v) is 12.8. The summed E-state index contributed by atoms with van der Waals surface area (Å²) in [5.74, 6) is 0.858. The number of fused-ring (bicyclic) bond motifs is 1. The lowest BCUT2D eigenvalue weighted by atomic mass is 10.1. The van der Waals surface area contributed by atoms with Gasteiger partial charge in [0.25, 0.3) is 0 Å². The number of aromatic nitrogens is 2. The van der Waals surface area contributed by atoms with Crippen LogP contribution in [0.5, 0.6) is 0 Å². The molecule has 0 amide bonds. The summed E-state index contributed by atoms with van der Waals surface area (Å²) >= 11 is 6.06. The van der Waals surface area contributed by atoms with Crippen molar-refractivity contribution in [3.8, 4) is 11.4 Å². The van der Waals surface area contributed by atoms with Gasteiger partial charge in [-0.15, -0.1) is 0 Å². The van der Waals surface area contributed by atoms with Crippen LogP contribution >= 0.6 is 11.6 Å². The highest BCUT2D eigenvalue weighted by Gasteiger charge is 2.14. The van der Waals surface area contributed by atoms with E-state index < -0.39 is 6.10 Å². The minimum atomic E-state index is -0.443. The van der Waals surface area contributed by atoms with Crippen molar-refractivity contribution in [1.29, 1.82) is 0 Å². The summed E-state index contributed by atoms with van der Waals surface area (Å²) in [6, 6.07) is 13.9. The van der Waals surface area contributed by atoms with Crippen molar-refractivity contribution in [2.75, 3.05) is 0 Å². The van der Waals surface area contributed by atoms with E-state index >= 15 is 0 Å². The Balaban J connectivity index is 2.25. The topological polar surface area (TPSA) is 38.0 Å². The van der Waals surface area contributed by atoms with Crippen LogP contribution < -0.4 is 0 Å². The molecule has 0 saturated heterocycles. The van der Waals surface area contributed by atoms with Crippen LogP contribution in [0.2, 0.25) is 5.02 Å². The van der Waals surface area contributed by atoms with Gasteiger partial charge in [0.15, 0.2) is 0 Å². The molecule has 108 valence electrons. The highest BCUT2D eigenvalue weighted by molar-refractivity contribution is 6.31. The molecule has 3 rings (SSSR count). The van der Waals surface area contributed by atoms with Crippen molar-refractivity contribution < 1.29 is 5.11 Å². The highest BCUT2D eigenvalue weighted by atomic mass is 35.5. The quantitative estimate of drug-likeness (QED) is 0.792. The number of nitrogens with zero attached hydrogens (tertiary/aromatic N) is 2. The van der Waals surface area contributed by atoms with Crippen LogP contribution in [0.4, 0.5) is 0 Å². The van der Waals surface area contributed by atoms with E-state index in [9.17, 15) is 5.11 Å². The third-order valence-electron chi connectivity index (χ3n) is 3.43. The van der Waals surface area contributed by atoms with Crippen molar-refractivity contribution in [3.05, 3.63) is 53.1 Å². The largest absolute Gasteiger partial charge is 0.392 e. The van der Waals surface area contributed by atoms with Gasteiger partial charge < -0.3 is 9.67 Å². The molecule has 0 spiro atoms. The Labute approximate surface area is 128 Å². The first-order chi connectivity index (χ1) is 10.0. The molecule has 21 heavy (non-hydrogen) atoms. The molecular weight excluding hydrogens is 284 g/mol. The molecular formula is C17H17ClN2O. The Morgan fingerprint density at radius 2 is 2.05 bits per heavy atom. The van der Waals surface area contributed by atoms with Gasteiger partial charge in [0.1, 0.15) is 5.82 Å². The van der Waals surface area contributed by atoms with Gasteiger partial charge in [-0.25, -0.2) is 4.98 Å². The summed E-state index contributed by atoms with van der Waals surface area (Å²) in [7, 11) is 0. The van der Waals surface area contributed by atoms with Gasteiger partial charge in [-0.2, -0.15) is 0 Å². The first-order valence-corrected chi connectivity index (χ1v) is 7.33. The lowest BCUT2D eigenvalue weighted by Crippen LogP contribution is -2.12. The smallest absolute Gasteiger partial charge is 0.141 e. The molecule has 1 aromatic heterocycles. The number of aliphatic hydroxyl groups is 1. The molecule has 3 aromatic rings. The Morgan fingerprint density at radius 1 is 1.24 bits per heavy atom. The summed E-state index contributed by atoms with van der Waals surface area (Å²) in [6.45, 7) is 4.34. The van der Waals surface area contributed by atoms with Crippen LogP contribution in [0.15, 0.2) is 42.5 Å². The summed E-state index contributed by atoms with van der Waals surface area (Å²) in [4.78, 5) is 4.71.